The third-order valence-electron chi connectivity index (χ3n) is 2.96. The predicted octanol–water partition coefficient (Wildman–Crippen LogP) is 2.03. The lowest BCUT2D eigenvalue weighted by Crippen LogP contribution is -2.30. The lowest BCUT2D eigenvalue weighted by atomic mass is 10.3. The molecule has 0 aliphatic heterocycles. The van der Waals surface area contributed by atoms with Gasteiger partial charge in [0.25, 0.3) is 0 Å². The van der Waals surface area contributed by atoms with Gasteiger partial charge in [-0.05, 0) is 30.7 Å². The Labute approximate surface area is 140 Å². The van der Waals surface area contributed by atoms with Crippen molar-refractivity contribution in [3.05, 3.63) is 47.3 Å². The van der Waals surface area contributed by atoms with Gasteiger partial charge in [-0.25, -0.2) is 21.6 Å². The number of thiophene rings is 1. The minimum Gasteiger partial charge on any atom is -0.284 e. The number of anilines is 1. The van der Waals surface area contributed by atoms with E-state index in [2.05, 4.69) is 9.44 Å². The highest BCUT2D eigenvalue weighted by Crippen LogP contribution is 2.21. The average molecular weight is 375 g/mol. The van der Waals surface area contributed by atoms with Crippen LogP contribution in [0, 0.1) is 0 Å². The molecule has 2 aromatic rings. The Bertz CT molecular complexity index is 843. The van der Waals surface area contributed by atoms with Crippen LogP contribution in [0.3, 0.4) is 0 Å². The highest BCUT2D eigenvalue weighted by atomic mass is 32.2. The maximum atomic E-state index is 12.1. The number of sulfonamides is 2. The summed E-state index contributed by atoms with van der Waals surface area (Å²) in [5, 5.41) is 0. The highest BCUT2D eigenvalue weighted by molar-refractivity contribution is 7.93. The van der Waals surface area contributed by atoms with Gasteiger partial charge in [0.15, 0.2) is 0 Å². The van der Waals surface area contributed by atoms with Crippen molar-refractivity contribution in [2.75, 3.05) is 17.0 Å². The molecule has 126 valence electrons. The van der Waals surface area contributed by atoms with Gasteiger partial charge in [-0.1, -0.05) is 25.1 Å². The van der Waals surface area contributed by atoms with Crippen LogP contribution in [-0.2, 0) is 26.5 Å². The van der Waals surface area contributed by atoms with Gasteiger partial charge >= 0.3 is 0 Å². The number of hydrogen-bond donors (Lipinski definition) is 2. The first-order valence-corrected chi connectivity index (χ1v) is 10.9. The van der Waals surface area contributed by atoms with Gasteiger partial charge in [0.2, 0.25) is 20.0 Å². The van der Waals surface area contributed by atoms with Crippen molar-refractivity contribution in [1.29, 1.82) is 0 Å². The molecule has 0 aliphatic rings. The summed E-state index contributed by atoms with van der Waals surface area (Å²) < 4.78 is 53.0. The average Bonchev–Trinajstić information content (AvgIpc) is 2.97. The Morgan fingerprint density at radius 3 is 2.30 bits per heavy atom. The lowest BCUT2D eigenvalue weighted by molar-refractivity contribution is 0.584. The maximum absolute atomic E-state index is 12.1. The number of rotatable bonds is 8. The third kappa shape index (κ3) is 5.31. The van der Waals surface area contributed by atoms with Crippen molar-refractivity contribution in [3.8, 4) is 0 Å². The van der Waals surface area contributed by atoms with E-state index in [1.54, 1.807) is 36.4 Å². The third-order valence-corrected chi connectivity index (χ3v) is 7.43. The summed E-state index contributed by atoms with van der Waals surface area (Å²) in [6.07, 6.45) is 0.759. The molecule has 0 atom stereocenters. The van der Waals surface area contributed by atoms with E-state index in [9.17, 15) is 16.8 Å². The van der Waals surface area contributed by atoms with Crippen LogP contribution in [0.2, 0.25) is 0 Å². The van der Waals surface area contributed by atoms with Crippen LogP contribution in [0.1, 0.15) is 11.8 Å². The molecule has 0 saturated heterocycles. The molecule has 0 radical (unpaired) electrons. The minimum absolute atomic E-state index is 0.191. The second-order valence-electron chi connectivity index (χ2n) is 4.76. The normalized spacial score (nSPS) is 12.2. The zero-order valence-corrected chi connectivity index (χ0v) is 15.0. The number of para-hydroxylation sites is 1. The SMILES string of the molecule is CCc1ccc(S(=O)(=O)NCCS(=O)(=O)Nc2ccccc2)s1. The summed E-state index contributed by atoms with van der Waals surface area (Å²) >= 11 is 1.18. The van der Waals surface area contributed by atoms with E-state index in [0.29, 0.717) is 5.69 Å². The molecule has 0 unspecified atom stereocenters. The van der Waals surface area contributed by atoms with E-state index in [1.165, 1.54) is 17.4 Å². The number of benzene rings is 1. The summed E-state index contributed by atoms with van der Waals surface area (Å²) in [7, 11) is -7.28. The second-order valence-corrected chi connectivity index (χ2v) is 9.76. The number of hydrogen-bond acceptors (Lipinski definition) is 5. The van der Waals surface area contributed by atoms with E-state index in [-0.39, 0.29) is 16.5 Å². The Hall–Kier alpha value is -1.42. The van der Waals surface area contributed by atoms with Crippen LogP contribution in [-0.4, -0.2) is 29.1 Å². The smallest absolute Gasteiger partial charge is 0.250 e. The maximum Gasteiger partial charge on any atom is 0.250 e. The standard InChI is InChI=1S/C14H18N2O4S3/c1-2-13-8-9-14(21-13)23(19,20)15-10-11-22(17,18)16-12-6-4-3-5-7-12/h3-9,15-16H,2,10-11H2,1H3. The van der Waals surface area contributed by atoms with Gasteiger partial charge in [0.1, 0.15) is 4.21 Å². The van der Waals surface area contributed by atoms with E-state index >= 15 is 0 Å². The molecular formula is C14H18N2O4S3. The molecule has 2 rings (SSSR count). The quantitative estimate of drug-likeness (QED) is 0.739. The van der Waals surface area contributed by atoms with Gasteiger partial charge in [-0.2, -0.15) is 0 Å². The Balaban J connectivity index is 1.93. The second kappa shape index (κ2) is 7.43. The van der Waals surface area contributed by atoms with E-state index in [1.807, 2.05) is 6.92 Å². The zero-order chi connectivity index (χ0) is 16.9. The van der Waals surface area contributed by atoms with Gasteiger partial charge in [0, 0.05) is 17.1 Å². The largest absolute Gasteiger partial charge is 0.284 e. The molecule has 6 nitrogen and oxygen atoms in total. The molecule has 1 heterocycles. The molecule has 0 saturated carbocycles. The molecule has 0 spiro atoms. The molecule has 1 aromatic carbocycles. The summed E-state index contributed by atoms with van der Waals surface area (Å²) in [5.74, 6) is -0.340. The predicted molar refractivity (Wildman–Crippen MR) is 92.7 cm³/mol. The van der Waals surface area contributed by atoms with E-state index in [4.69, 9.17) is 0 Å². The van der Waals surface area contributed by atoms with Crippen LogP contribution < -0.4 is 9.44 Å². The summed E-state index contributed by atoms with van der Waals surface area (Å²) in [4.78, 5) is 0.962. The van der Waals surface area contributed by atoms with Crippen LogP contribution in [0.4, 0.5) is 5.69 Å². The van der Waals surface area contributed by atoms with E-state index in [0.717, 1.165) is 11.3 Å². The van der Waals surface area contributed by atoms with Crippen molar-refractivity contribution in [3.63, 3.8) is 0 Å². The van der Waals surface area contributed by atoms with Crippen molar-refractivity contribution >= 4 is 37.1 Å². The number of nitrogens with one attached hydrogen (secondary N) is 2. The Morgan fingerprint density at radius 2 is 1.70 bits per heavy atom. The monoisotopic (exact) mass is 374 g/mol. The Morgan fingerprint density at radius 1 is 1.00 bits per heavy atom. The first kappa shape index (κ1) is 17.9. The molecule has 0 amide bonds. The summed E-state index contributed by atoms with van der Waals surface area (Å²) in [6, 6.07) is 11.7. The van der Waals surface area contributed by atoms with Crippen LogP contribution in [0.25, 0.3) is 0 Å². The number of aryl methyl sites for hydroxylation is 1. The van der Waals surface area contributed by atoms with Crippen LogP contribution in [0.5, 0.6) is 0 Å². The summed E-state index contributed by atoms with van der Waals surface area (Å²) in [6.45, 7) is 1.75. The van der Waals surface area contributed by atoms with E-state index < -0.39 is 20.0 Å². The molecule has 0 aliphatic carbocycles. The summed E-state index contributed by atoms with van der Waals surface area (Å²) in [5.41, 5.74) is 0.446. The van der Waals surface area contributed by atoms with Gasteiger partial charge < -0.3 is 0 Å². The van der Waals surface area contributed by atoms with Crippen LogP contribution in [0.15, 0.2) is 46.7 Å². The molecule has 1 aromatic heterocycles. The van der Waals surface area contributed by atoms with Crippen molar-refractivity contribution in [1.82, 2.24) is 4.72 Å². The zero-order valence-electron chi connectivity index (χ0n) is 12.5. The molecule has 9 heteroatoms. The topological polar surface area (TPSA) is 92.3 Å². The first-order valence-electron chi connectivity index (χ1n) is 6.96. The fraction of sp³-hybridized carbons (Fsp3) is 0.286. The van der Waals surface area contributed by atoms with Crippen molar-refractivity contribution < 1.29 is 16.8 Å². The molecule has 2 N–H and O–H groups in total. The van der Waals surface area contributed by atoms with Crippen molar-refractivity contribution in [2.45, 2.75) is 17.6 Å². The highest BCUT2D eigenvalue weighted by Gasteiger charge is 2.18. The molecule has 0 fully saturated rings. The lowest BCUT2D eigenvalue weighted by Gasteiger charge is -2.08. The van der Waals surface area contributed by atoms with Gasteiger partial charge in [-0.15, -0.1) is 11.3 Å². The Kier molecular flexibility index (Phi) is 5.79. The first-order chi connectivity index (χ1) is 10.8. The van der Waals surface area contributed by atoms with Gasteiger partial charge in [-0.3, -0.25) is 4.72 Å². The minimum atomic E-state index is -3.67. The molecular weight excluding hydrogens is 356 g/mol. The van der Waals surface area contributed by atoms with Crippen molar-refractivity contribution in [2.24, 2.45) is 0 Å². The van der Waals surface area contributed by atoms with Crippen LogP contribution >= 0.6 is 11.3 Å². The molecule has 23 heavy (non-hydrogen) atoms. The fourth-order valence-corrected chi connectivity index (χ4v) is 5.28. The molecule has 0 bridgehead atoms. The van der Waals surface area contributed by atoms with Gasteiger partial charge in [0.05, 0.1) is 5.75 Å². The fourth-order valence-electron chi connectivity index (χ4n) is 1.81.